The fourth-order valence-electron chi connectivity index (χ4n) is 1.05. The molecule has 0 aromatic rings. The summed E-state index contributed by atoms with van der Waals surface area (Å²) < 4.78 is 0. The molecule has 0 fully saturated rings. The van der Waals surface area contributed by atoms with Gasteiger partial charge in [0.2, 0.25) is 0 Å². The summed E-state index contributed by atoms with van der Waals surface area (Å²) in [6, 6.07) is 0. The molecule has 2 atom stereocenters. The van der Waals surface area contributed by atoms with Gasteiger partial charge in [0.1, 0.15) is 0 Å². The van der Waals surface area contributed by atoms with Gasteiger partial charge >= 0.3 is 0 Å². The van der Waals surface area contributed by atoms with E-state index >= 15 is 0 Å². The fraction of sp³-hybridized carbons (Fsp3) is 0.500. The van der Waals surface area contributed by atoms with Crippen molar-refractivity contribution in [3.63, 3.8) is 0 Å². The van der Waals surface area contributed by atoms with Crippen LogP contribution in [0.1, 0.15) is 27.2 Å². The van der Waals surface area contributed by atoms with Gasteiger partial charge in [0.05, 0.1) is 6.10 Å². The molecule has 0 radical (unpaired) electrons. The van der Waals surface area contributed by atoms with Crippen LogP contribution in [0, 0.1) is 5.92 Å². The largest absolute Gasteiger partial charge is 0.388 e. The average Bonchev–Trinajstić information content (AvgIpc) is 2.17. The molecule has 0 rings (SSSR count). The Morgan fingerprint density at radius 1 is 1.54 bits per heavy atom. The second-order valence-electron chi connectivity index (χ2n) is 3.23. The summed E-state index contributed by atoms with van der Waals surface area (Å²) in [6.45, 7) is 9.75. The van der Waals surface area contributed by atoms with Crippen molar-refractivity contribution in [3.05, 3.63) is 36.5 Å². The predicted octanol–water partition coefficient (Wildman–Crippen LogP) is 3.08. The minimum absolute atomic E-state index is 0.287. The lowest BCUT2D eigenvalue weighted by Gasteiger charge is -2.17. The third-order valence-electron chi connectivity index (χ3n) is 2.24. The maximum absolute atomic E-state index is 9.83. The highest BCUT2D eigenvalue weighted by atomic mass is 16.3. The second-order valence-corrected chi connectivity index (χ2v) is 3.23. The maximum atomic E-state index is 9.83. The maximum Gasteiger partial charge on any atom is 0.0815 e. The van der Waals surface area contributed by atoms with Crippen LogP contribution in [0.2, 0.25) is 0 Å². The van der Waals surface area contributed by atoms with Gasteiger partial charge < -0.3 is 5.11 Å². The first-order valence-corrected chi connectivity index (χ1v) is 4.80. The van der Waals surface area contributed by atoms with Crippen molar-refractivity contribution in [1.82, 2.24) is 0 Å². The molecule has 0 saturated carbocycles. The molecule has 1 N–H and O–H groups in total. The molecule has 0 amide bonds. The summed E-state index contributed by atoms with van der Waals surface area (Å²) in [6.07, 6.45) is 8.07. The molecule has 1 heteroatoms. The van der Waals surface area contributed by atoms with Crippen molar-refractivity contribution >= 4 is 0 Å². The Kier molecular flexibility index (Phi) is 6.25. The van der Waals surface area contributed by atoms with Gasteiger partial charge in [-0.05, 0) is 18.4 Å². The van der Waals surface area contributed by atoms with Crippen molar-refractivity contribution < 1.29 is 5.11 Å². The summed E-state index contributed by atoms with van der Waals surface area (Å²) >= 11 is 0. The van der Waals surface area contributed by atoms with Gasteiger partial charge in [0.25, 0.3) is 0 Å². The topological polar surface area (TPSA) is 20.2 Å². The Balaban J connectivity index is 4.48. The molecule has 0 heterocycles. The van der Waals surface area contributed by atoms with Gasteiger partial charge in [-0.15, -0.1) is 0 Å². The SMILES string of the molecule is C=C/C(=C\C=C/C)C(O)C(C)CC. The first kappa shape index (κ1) is 12.2. The van der Waals surface area contributed by atoms with Crippen LogP contribution in [0.15, 0.2) is 36.5 Å². The van der Waals surface area contributed by atoms with E-state index in [9.17, 15) is 5.11 Å². The van der Waals surface area contributed by atoms with Crippen LogP contribution in [0.5, 0.6) is 0 Å². The van der Waals surface area contributed by atoms with Crippen molar-refractivity contribution in [3.8, 4) is 0 Å². The van der Waals surface area contributed by atoms with Crippen LogP contribution < -0.4 is 0 Å². The molecule has 0 bridgehead atoms. The average molecular weight is 180 g/mol. The van der Waals surface area contributed by atoms with Crippen LogP contribution >= 0.6 is 0 Å². The summed E-state index contributed by atoms with van der Waals surface area (Å²) in [5.74, 6) is 0.287. The van der Waals surface area contributed by atoms with Gasteiger partial charge in [-0.25, -0.2) is 0 Å². The molecule has 0 aliphatic rings. The first-order chi connectivity index (χ1) is 6.17. The van der Waals surface area contributed by atoms with Crippen molar-refractivity contribution in [2.24, 2.45) is 5.92 Å². The number of rotatable bonds is 5. The molecule has 13 heavy (non-hydrogen) atoms. The Labute approximate surface area is 81.5 Å². The van der Waals surface area contributed by atoms with E-state index in [-0.39, 0.29) is 5.92 Å². The van der Waals surface area contributed by atoms with E-state index < -0.39 is 6.10 Å². The van der Waals surface area contributed by atoms with Crippen LogP contribution in [-0.2, 0) is 0 Å². The molecule has 0 aliphatic carbocycles. The lowest BCUT2D eigenvalue weighted by Crippen LogP contribution is -2.18. The first-order valence-electron chi connectivity index (χ1n) is 4.80. The third-order valence-corrected chi connectivity index (χ3v) is 2.24. The quantitative estimate of drug-likeness (QED) is 0.645. The van der Waals surface area contributed by atoms with E-state index in [0.29, 0.717) is 0 Å². The Morgan fingerprint density at radius 3 is 2.54 bits per heavy atom. The smallest absolute Gasteiger partial charge is 0.0815 e. The van der Waals surface area contributed by atoms with Crippen molar-refractivity contribution in [1.29, 1.82) is 0 Å². The second kappa shape index (κ2) is 6.67. The zero-order chi connectivity index (χ0) is 10.3. The van der Waals surface area contributed by atoms with Crippen LogP contribution in [0.25, 0.3) is 0 Å². The fourth-order valence-corrected chi connectivity index (χ4v) is 1.05. The molecular formula is C12H20O. The number of allylic oxidation sites excluding steroid dienone is 3. The van der Waals surface area contributed by atoms with Crippen molar-refractivity contribution in [2.45, 2.75) is 33.3 Å². The molecule has 74 valence electrons. The molecule has 2 unspecified atom stereocenters. The lowest BCUT2D eigenvalue weighted by molar-refractivity contribution is 0.152. The van der Waals surface area contributed by atoms with E-state index in [4.69, 9.17) is 0 Å². The van der Waals surface area contributed by atoms with E-state index in [2.05, 4.69) is 13.5 Å². The summed E-state index contributed by atoms with van der Waals surface area (Å²) in [7, 11) is 0. The molecule has 0 aliphatic heterocycles. The van der Waals surface area contributed by atoms with Crippen molar-refractivity contribution in [2.75, 3.05) is 0 Å². The monoisotopic (exact) mass is 180 g/mol. The van der Waals surface area contributed by atoms with E-state index in [1.807, 2.05) is 32.1 Å². The number of aliphatic hydroxyl groups is 1. The zero-order valence-electron chi connectivity index (χ0n) is 8.83. The standard InChI is InChI=1S/C12H20O/c1-5-8-9-11(7-3)12(13)10(4)6-2/h5,7-10,12-13H,3,6H2,1-2,4H3/b8-5-,11-9+. The molecule has 0 aromatic carbocycles. The minimum atomic E-state index is -0.390. The molecular weight excluding hydrogens is 160 g/mol. The number of aliphatic hydroxyl groups excluding tert-OH is 1. The number of hydrogen-bond donors (Lipinski definition) is 1. The number of hydrogen-bond acceptors (Lipinski definition) is 1. The Bertz CT molecular complexity index is 201. The lowest BCUT2D eigenvalue weighted by atomic mass is 9.95. The van der Waals surface area contributed by atoms with Gasteiger partial charge in [-0.2, -0.15) is 0 Å². The normalized spacial score (nSPS) is 17.4. The van der Waals surface area contributed by atoms with Gasteiger partial charge in [-0.1, -0.05) is 51.2 Å². The highest BCUT2D eigenvalue weighted by Gasteiger charge is 2.13. The van der Waals surface area contributed by atoms with E-state index in [1.165, 1.54) is 0 Å². The highest BCUT2D eigenvalue weighted by Crippen LogP contribution is 2.16. The van der Waals surface area contributed by atoms with Gasteiger partial charge in [0.15, 0.2) is 0 Å². The molecule has 0 saturated heterocycles. The predicted molar refractivity (Wildman–Crippen MR) is 58.6 cm³/mol. The highest BCUT2D eigenvalue weighted by molar-refractivity contribution is 5.26. The Morgan fingerprint density at radius 2 is 2.15 bits per heavy atom. The van der Waals surface area contributed by atoms with E-state index in [1.54, 1.807) is 6.08 Å². The molecule has 1 nitrogen and oxygen atoms in total. The molecule has 0 aromatic heterocycles. The third kappa shape index (κ3) is 4.09. The van der Waals surface area contributed by atoms with Crippen LogP contribution in [0.3, 0.4) is 0 Å². The molecule has 0 spiro atoms. The minimum Gasteiger partial charge on any atom is -0.388 e. The summed E-state index contributed by atoms with van der Waals surface area (Å²) in [5.41, 5.74) is 0.896. The zero-order valence-corrected chi connectivity index (χ0v) is 8.83. The van der Waals surface area contributed by atoms with E-state index in [0.717, 1.165) is 12.0 Å². The summed E-state index contributed by atoms with van der Waals surface area (Å²) in [4.78, 5) is 0. The van der Waals surface area contributed by atoms with Crippen LogP contribution in [0.4, 0.5) is 0 Å². The Hall–Kier alpha value is -0.820. The summed E-state index contributed by atoms with van der Waals surface area (Å²) in [5, 5.41) is 9.83. The van der Waals surface area contributed by atoms with Gasteiger partial charge in [-0.3, -0.25) is 0 Å². The van der Waals surface area contributed by atoms with Gasteiger partial charge in [0, 0.05) is 0 Å². The van der Waals surface area contributed by atoms with Crippen LogP contribution in [-0.4, -0.2) is 11.2 Å².